The summed E-state index contributed by atoms with van der Waals surface area (Å²) in [6.07, 6.45) is 6.19. The number of nitrogen functional groups attached to an aromatic ring is 1. The third kappa shape index (κ3) is 3.22. The van der Waals surface area contributed by atoms with Gasteiger partial charge in [-0.1, -0.05) is 0 Å². The fourth-order valence-corrected chi connectivity index (χ4v) is 1.27. The Bertz CT molecular complexity index is 333. The lowest BCUT2D eigenvalue weighted by Crippen LogP contribution is -2.10. The van der Waals surface area contributed by atoms with E-state index in [0.717, 1.165) is 25.8 Å². The number of aliphatic hydroxyl groups is 1. The first-order valence-corrected chi connectivity index (χ1v) is 4.80. The minimum absolute atomic E-state index is 0.128. The highest BCUT2D eigenvalue weighted by Gasteiger charge is 1.94. The van der Waals surface area contributed by atoms with Crippen LogP contribution in [0.5, 0.6) is 0 Å². The zero-order valence-electron chi connectivity index (χ0n) is 8.15. The number of aliphatic hydroxyl groups excluding tert-OH is 1. The minimum Gasteiger partial charge on any atom is -0.396 e. The van der Waals surface area contributed by atoms with Gasteiger partial charge in [-0.3, -0.25) is 4.79 Å². The summed E-state index contributed by atoms with van der Waals surface area (Å²) < 4.78 is 1.90. The Morgan fingerprint density at radius 3 is 2.79 bits per heavy atom. The smallest absolute Gasteiger partial charge is 0.204 e. The van der Waals surface area contributed by atoms with E-state index in [0.29, 0.717) is 0 Å². The summed E-state index contributed by atoms with van der Waals surface area (Å²) in [6.45, 7) is 1.08. The van der Waals surface area contributed by atoms with E-state index in [-0.39, 0.29) is 17.7 Å². The average molecular weight is 196 g/mol. The number of rotatable bonds is 5. The monoisotopic (exact) mass is 196 g/mol. The fourth-order valence-electron chi connectivity index (χ4n) is 1.27. The highest BCUT2D eigenvalue weighted by Crippen LogP contribution is 2.00. The number of pyridine rings is 1. The second kappa shape index (κ2) is 5.44. The molecule has 0 bridgehead atoms. The van der Waals surface area contributed by atoms with Crippen molar-refractivity contribution in [2.24, 2.45) is 0 Å². The first-order chi connectivity index (χ1) is 6.74. The van der Waals surface area contributed by atoms with Gasteiger partial charge in [-0.05, 0) is 19.3 Å². The molecule has 0 radical (unpaired) electrons. The molecular weight excluding hydrogens is 180 g/mol. The van der Waals surface area contributed by atoms with Crippen LogP contribution in [0.25, 0.3) is 0 Å². The van der Waals surface area contributed by atoms with Crippen LogP contribution >= 0.6 is 0 Å². The lowest BCUT2D eigenvalue weighted by molar-refractivity contribution is 0.282. The van der Waals surface area contributed by atoms with Gasteiger partial charge in [-0.2, -0.15) is 0 Å². The summed E-state index contributed by atoms with van der Waals surface area (Å²) in [4.78, 5) is 11.0. The average Bonchev–Trinajstić information content (AvgIpc) is 2.18. The number of anilines is 1. The summed E-state index contributed by atoms with van der Waals surface area (Å²) in [5.41, 5.74) is 5.64. The number of hydrogen-bond acceptors (Lipinski definition) is 3. The molecule has 0 aliphatic rings. The molecule has 78 valence electrons. The standard InChI is InChI=1S/C10H16N2O2/c11-9-8-12(6-4-10(9)14)5-2-1-3-7-13/h4,6,8,13H,1-3,5,7,11H2. The third-order valence-corrected chi connectivity index (χ3v) is 2.08. The van der Waals surface area contributed by atoms with Crippen molar-refractivity contribution < 1.29 is 5.11 Å². The SMILES string of the molecule is Nc1cn(CCCCCO)ccc1=O. The van der Waals surface area contributed by atoms with Crippen LogP contribution in [0.15, 0.2) is 23.3 Å². The Balaban J connectivity index is 2.43. The van der Waals surface area contributed by atoms with Gasteiger partial charge in [0.15, 0.2) is 0 Å². The molecule has 1 heterocycles. The van der Waals surface area contributed by atoms with E-state index in [9.17, 15) is 4.79 Å². The summed E-state index contributed by atoms with van der Waals surface area (Å²) in [6, 6.07) is 1.47. The van der Waals surface area contributed by atoms with Crippen LogP contribution in [0.3, 0.4) is 0 Å². The number of nitrogens with zero attached hydrogens (tertiary/aromatic N) is 1. The molecule has 1 aromatic rings. The van der Waals surface area contributed by atoms with E-state index >= 15 is 0 Å². The third-order valence-electron chi connectivity index (χ3n) is 2.08. The maximum absolute atomic E-state index is 11.0. The first kappa shape index (κ1) is 10.8. The van der Waals surface area contributed by atoms with E-state index < -0.39 is 0 Å². The van der Waals surface area contributed by atoms with Crippen molar-refractivity contribution in [3.63, 3.8) is 0 Å². The van der Waals surface area contributed by atoms with Crippen molar-refractivity contribution in [2.45, 2.75) is 25.8 Å². The molecule has 1 aromatic heterocycles. The molecule has 0 atom stereocenters. The van der Waals surface area contributed by atoms with E-state index in [2.05, 4.69) is 0 Å². The molecule has 0 spiro atoms. The van der Waals surface area contributed by atoms with Crippen LogP contribution in [0, 0.1) is 0 Å². The van der Waals surface area contributed by atoms with Gasteiger partial charge in [0.25, 0.3) is 0 Å². The Labute approximate surface area is 83.0 Å². The van der Waals surface area contributed by atoms with Crippen molar-refractivity contribution >= 4 is 5.69 Å². The van der Waals surface area contributed by atoms with E-state index in [1.807, 2.05) is 4.57 Å². The quantitative estimate of drug-likeness (QED) is 0.677. The molecular formula is C10H16N2O2. The zero-order valence-corrected chi connectivity index (χ0v) is 8.15. The molecule has 0 aromatic carbocycles. The van der Waals surface area contributed by atoms with Gasteiger partial charge in [0.2, 0.25) is 5.43 Å². The van der Waals surface area contributed by atoms with Crippen molar-refractivity contribution in [2.75, 3.05) is 12.3 Å². The van der Waals surface area contributed by atoms with Crippen LogP contribution in [0.4, 0.5) is 5.69 Å². The fraction of sp³-hybridized carbons (Fsp3) is 0.500. The molecule has 3 N–H and O–H groups in total. The Morgan fingerprint density at radius 1 is 1.36 bits per heavy atom. The molecule has 4 heteroatoms. The Hall–Kier alpha value is -1.29. The van der Waals surface area contributed by atoms with Crippen LogP contribution in [0.1, 0.15) is 19.3 Å². The molecule has 0 aliphatic heterocycles. The lowest BCUT2D eigenvalue weighted by Gasteiger charge is -2.05. The van der Waals surface area contributed by atoms with Gasteiger partial charge in [0.1, 0.15) is 0 Å². The largest absolute Gasteiger partial charge is 0.396 e. The van der Waals surface area contributed by atoms with Gasteiger partial charge in [0.05, 0.1) is 5.69 Å². The maximum atomic E-state index is 11.0. The minimum atomic E-state index is -0.128. The van der Waals surface area contributed by atoms with Crippen LogP contribution in [0.2, 0.25) is 0 Å². The van der Waals surface area contributed by atoms with Crippen molar-refractivity contribution in [1.82, 2.24) is 4.57 Å². The summed E-state index contributed by atoms with van der Waals surface area (Å²) in [5, 5.41) is 8.58. The number of aromatic nitrogens is 1. The second-order valence-electron chi connectivity index (χ2n) is 3.29. The summed E-state index contributed by atoms with van der Waals surface area (Å²) >= 11 is 0. The van der Waals surface area contributed by atoms with Crippen LogP contribution < -0.4 is 11.2 Å². The van der Waals surface area contributed by atoms with E-state index in [1.165, 1.54) is 6.07 Å². The zero-order chi connectivity index (χ0) is 10.4. The predicted molar refractivity (Wildman–Crippen MR) is 56.1 cm³/mol. The molecule has 0 saturated heterocycles. The molecule has 0 amide bonds. The van der Waals surface area contributed by atoms with Gasteiger partial charge in [0, 0.05) is 31.6 Å². The molecule has 14 heavy (non-hydrogen) atoms. The lowest BCUT2D eigenvalue weighted by atomic mass is 10.2. The van der Waals surface area contributed by atoms with Gasteiger partial charge >= 0.3 is 0 Å². The molecule has 1 rings (SSSR count). The molecule has 0 aliphatic carbocycles. The maximum Gasteiger partial charge on any atom is 0.204 e. The highest BCUT2D eigenvalue weighted by atomic mass is 16.2. The van der Waals surface area contributed by atoms with Gasteiger partial charge in [-0.25, -0.2) is 0 Å². The van der Waals surface area contributed by atoms with E-state index in [1.54, 1.807) is 12.4 Å². The molecule has 0 fully saturated rings. The van der Waals surface area contributed by atoms with Crippen molar-refractivity contribution in [3.8, 4) is 0 Å². The normalized spacial score (nSPS) is 10.4. The first-order valence-electron chi connectivity index (χ1n) is 4.80. The summed E-state index contributed by atoms with van der Waals surface area (Å²) in [7, 11) is 0. The number of hydrogen-bond donors (Lipinski definition) is 2. The Kier molecular flexibility index (Phi) is 4.19. The summed E-state index contributed by atoms with van der Waals surface area (Å²) in [5.74, 6) is 0. The highest BCUT2D eigenvalue weighted by molar-refractivity contribution is 5.33. The Morgan fingerprint density at radius 2 is 2.14 bits per heavy atom. The molecule has 4 nitrogen and oxygen atoms in total. The van der Waals surface area contributed by atoms with E-state index in [4.69, 9.17) is 10.8 Å². The topological polar surface area (TPSA) is 68.2 Å². The van der Waals surface area contributed by atoms with Gasteiger partial charge < -0.3 is 15.4 Å². The number of aryl methyl sites for hydroxylation is 1. The molecule has 0 unspecified atom stereocenters. The predicted octanol–water partition coefficient (Wildman–Crippen LogP) is 0.593. The number of unbranched alkanes of at least 4 members (excludes halogenated alkanes) is 2. The molecule has 0 saturated carbocycles. The van der Waals surface area contributed by atoms with Crippen molar-refractivity contribution in [1.29, 1.82) is 0 Å². The van der Waals surface area contributed by atoms with Crippen molar-refractivity contribution in [3.05, 3.63) is 28.7 Å². The second-order valence-corrected chi connectivity index (χ2v) is 3.29. The van der Waals surface area contributed by atoms with Crippen LogP contribution in [-0.4, -0.2) is 16.3 Å². The number of nitrogens with two attached hydrogens (primary N) is 1. The van der Waals surface area contributed by atoms with Crippen LogP contribution in [-0.2, 0) is 6.54 Å². The van der Waals surface area contributed by atoms with Gasteiger partial charge in [-0.15, -0.1) is 0 Å².